The van der Waals surface area contributed by atoms with E-state index in [0.29, 0.717) is 5.92 Å². The van der Waals surface area contributed by atoms with Gasteiger partial charge >= 0.3 is 0 Å². The summed E-state index contributed by atoms with van der Waals surface area (Å²) in [6, 6.07) is 6.44. The number of benzene rings is 1. The predicted molar refractivity (Wildman–Crippen MR) is 77.1 cm³/mol. The molecule has 2 aromatic rings. The Morgan fingerprint density at radius 3 is 2.68 bits per heavy atom. The lowest BCUT2D eigenvalue weighted by Gasteiger charge is -2.18. The molecule has 1 saturated carbocycles. The first-order valence-electron chi connectivity index (χ1n) is 7.24. The van der Waals surface area contributed by atoms with Gasteiger partial charge in [0.1, 0.15) is 5.82 Å². The highest BCUT2D eigenvalue weighted by Crippen LogP contribution is 2.31. The van der Waals surface area contributed by atoms with Crippen LogP contribution < -0.4 is 0 Å². The third-order valence-electron chi connectivity index (χ3n) is 4.13. The first kappa shape index (κ1) is 12.4. The van der Waals surface area contributed by atoms with Crippen LogP contribution in [0.15, 0.2) is 18.2 Å². The molecule has 1 aromatic carbocycles. The Labute approximate surface area is 114 Å². The van der Waals surface area contributed by atoms with Crippen molar-refractivity contribution in [3.63, 3.8) is 0 Å². The lowest BCUT2D eigenvalue weighted by molar-refractivity contribution is 0.429. The topological polar surface area (TPSA) is 41.6 Å². The van der Waals surface area contributed by atoms with E-state index < -0.39 is 0 Å². The van der Waals surface area contributed by atoms with Gasteiger partial charge in [0.15, 0.2) is 5.82 Å². The first-order valence-corrected chi connectivity index (χ1v) is 7.24. The molecule has 0 radical (unpaired) electrons. The molecule has 3 rings (SSSR count). The quantitative estimate of drug-likeness (QED) is 0.876. The summed E-state index contributed by atoms with van der Waals surface area (Å²) in [5, 5.41) is 7.59. The maximum absolute atomic E-state index is 4.74. The van der Waals surface area contributed by atoms with E-state index in [0.717, 1.165) is 17.2 Å². The summed E-state index contributed by atoms with van der Waals surface area (Å²) >= 11 is 0. The molecule has 0 spiro atoms. The van der Waals surface area contributed by atoms with Gasteiger partial charge in [-0.15, -0.1) is 0 Å². The van der Waals surface area contributed by atoms with Gasteiger partial charge in [-0.3, -0.25) is 5.10 Å². The Bertz CT molecular complexity index is 565. The largest absolute Gasteiger partial charge is 0.262 e. The molecule has 3 nitrogen and oxygen atoms in total. The smallest absolute Gasteiger partial charge is 0.181 e. The number of hydrogen-bond acceptors (Lipinski definition) is 2. The highest BCUT2D eigenvalue weighted by Gasteiger charge is 2.19. The van der Waals surface area contributed by atoms with E-state index in [2.05, 4.69) is 42.2 Å². The van der Waals surface area contributed by atoms with Gasteiger partial charge < -0.3 is 0 Å². The minimum Gasteiger partial charge on any atom is -0.262 e. The summed E-state index contributed by atoms with van der Waals surface area (Å²) in [5.41, 5.74) is 3.64. The number of aryl methyl sites for hydroxylation is 2. The number of H-pyrrole nitrogens is 1. The maximum Gasteiger partial charge on any atom is 0.181 e. The number of rotatable bonds is 2. The maximum atomic E-state index is 4.74. The molecule has 0 aliphatic heterocycles. The Balaban J connectivity index is 1.89. The molecule has 0 amide bonds. The van der Waals surface area contributed by atoms with E-state index in [1.54, 1.807) is 0 Å². The van der Waals surface area contributed by atoms with Gasteiger partial charge in [0.05, 0.1) is 0 Å². The molecule has 3 heteroatoms. The van der Waals surface area contributed by atoms with Gasteiger partial charge in [-0.1, -0.05) is 37.0 Å². The van der Waals surface area contributed by atoms with Crippen molar-refractivity contribution in [3.8, 4) is 11.4 Å². The Kier molecular flexibility index (Phi) is 3.36. The summed E-state index contributed by atoms with van der Waals surface area (Å²) in [4.78, 5) is 4.74. The summed E-state index contributed by atoms with van der Waals surface area (Å²) in [7, 11) is 0. The summed E-state index contributed by atoms with van der Waals surface area (Å²) in [6.07, 6.45) is 6.52. The fourth-order valence-electron chi connectivity index (χ4n) is 2.93. The minimum atomic E-state index is 0.583. The van der Waals surface area contributed by atoms with Crippen LogP contribution in [0.2, 0.25) is 0 Å². The third kappa shape index (κ3) is 2.55. The molecule has 0 atom stereocenters. The van der Waals surface area contributed by atoms with E-state index in [1.165, 1.54) is 43.2 Å². The lowest BCUT2D eigenvalue weighted by atomic mass is 9.89. The molecule has 100 valence electrons. The molecule has 1 aliphatic carbocycles. The Morgan fingerprint density at radius 2 is 1.89 bits per heavy atom. The number of nitrogens with zero attached hydrogens (tertiary/aromatic N) is 2. The first-order chi connectivity index (χ1) is 9.24. The van der Waals surface area contributed by atoms with Crippen molar-refractivity contribution >= 4 is 0 Å². The van der Waals surface area contributed by atoms with Crippen molar-refractivity contribution < 1.29 is 0 Å². The second kappa shape index (κ2) is 5.16. The molecule has 1 N–H and O–H groups in total. The standard InChI is InChI=1S/C16H21N3/c1-11-8-9-12(2)14(10-11)16-17-15(18-19-16)13-6-4-3-5-7-13/h8-10,13H,3-7H2,1-2H3,(H,17,18,19). The van der Waals surface area contributed by atoms with Crippen LogP contribution in [0.25, 0.3) is 11.4 Å². The van der Waals surface area contributed by atoms with Crippen LogP contribution in [0.5, 0.6) is 0 Å². The van der Waals surface area contributed by atoms with Gasteiger partial charge in [-0.25, -0.2) is 4.98 Å². The lowest BCUT2D eigenvalue weighted by Crippen LogP contribution is -2.06. The molecule has 1 fully saturated rings. The third-order valence-corrected chi connectivity index (χ3v) is 4.13. The molecule has 0 saturated heterocycles. The zero-order chi connectivity index (χ0) is 13.2. The van der Waals surface area contributed by atoms with E-state index in [-0.39, 0.29) is 0 Å². The number of aromatic nitrogens is 3. The number of aromatic amines is 1. The Morgan fingerprint density at radius 1 is 1.11 bits per heavy atom. The zero-order valence-corrected chi connectivity index (χ0v) is 11.7. The molecule has 1 heterocycles. The summed E-state index contributed by atoms with van der Waals surface area (Å²) in [6.45, 7) is 4.23. The highest BCUT2D eigenvalue weighted by atomic mass is 15.2. The zero-order valence-electron chi connectivity index (χ0n) is 11.7. The van der Waals surface area contributed by atoms with Crippen molar-refractivity contribution in [1.29, 1.82) is 0 Å². The Hall–Kier alpha value is -1.64. The molecule has 0 bridgehead atoms. The minimum absolute atomic E-state index is 0.583. The fourth-order valence-corrected chi connectivity index (χ4v) is 2.93. The molecular formula is C16H21N3. The monoisotopic (exact) mass is 255 g/mol. The van der Waals surface area contributed by atoms with Crippen LogP contribution in [0, 0.1) is 13.8 Å². The molecular weight excluding hydrogens is 234 g/mol. The van der Waals surface area contributed by atoms with Crippen LogP contribution in [-0.2, 0) is 0 Å². The van der Waals surface area contributed by atoms with Crippen molar-refractivity contribution in [1.82, 2.24) is 15.2 Å². The fraction of sp³-hybridized carbons (Fsp3) is 0.500. The van der Waals surface area contributed by atoms with E-state index >= 15 is 0 Å². The van der Waals surface area contributed by atoms with Crippen LogP contribution >= 0.6 is 0 Å². The SMILES string of the molecule is Cc1ccc(C)c(-c2n[nH]c(C3CCCCC3)n2)c1. The van der Waals surface area contributed by atoms with Gasteiger partial charge in [-0.2, -0.15) is 5.10 Å². The van der Waals surface area contributed by atoms with Crippen LogP contribution in [0.3, 0.4) is 0 Å². The van der Waals surface area contributed by atoms with Crippen molar-refractivity contribution in [2.24, 2.45) is 0 Å². The number of hydrogen-bond donors (Lipinski definition) is 1. The number of nitrogens with one attached hydrogen (secondary N) is 1. The highest BCUT2D eigenvalue weighted by molar-refractivity contribution is 5.60. The second-order valence-electron chi connectivity index (χ2n) is 5.70. The van der Waals surface area contributed by atoms with Gasteiger partial charge in [0.2, 0.25) is 0 Å². The summed E-state index contributed by atoms with van der Waals surface area (Å²) in [5.74, 6) is 2.51. The molecule has 0 unspecified atom stereocenters. The van der Waals surface area contributed by atoms with Crippen LogP contribution in [0.1, 0.15) is 55.0 Å². The molecule has 19 heavy (non-hydrogen) atoms. The average Bonchev–Trinajstić information content (AvgIpc) is 2.92. The second-order valence-corrected chi connectivity index (χ2v) is 5.70. The van der Waals surface area contributed by atoms with E-state index in [1.807, 2.05) is 0 Å². The van der Waals surface area contributed by atoms with Crippen molar-refractivity contribution in [2.45, 2.75) is 51.9 Å². The normalized spacial score (nSPS) is 16.7. The van der Waals surface area contributed by atoms with Gasteiger partial charge in [-0.05, 0) is 38.3 Å². The van der Waals surface area contributed by atoms with Gasteiger partial charge in [0, 0.05) is 11.5 Å². The van der Waals surface area contributed by atoms with Crippen LogP contribution in [-0.4, -0.2) is 15.2 Å². The molecule has 1 aromatic heterocycles. The van der Waals surface area contributed by atoms with E-state index in [9.17, 15) is 0 Å². The summed E-state index contributed by atoms with van der Waals surface area (Å²) < 4.78 is 0. The van der Waals surface area contributed by atoms with Crippen LogP contribution in [0.4, 0.5) is 0 Å². The average molecular weight is 255 g/mol. The predicted octanol–water partition coefficient (Wildman–Crippen LogP) is 4.14. The van der Waals surface area contributed by atoms with Crippen molar-refractivity contribution in [3.05, 3.63) is 35.2 Å². The van der Waals surface area contributed by atoms with E-state index in [4.69, 9.17) is 4.98 Å². The van der Waals surface area contributed by atoms with Gasteiger partial charge in [0.25, 0.3) is 0 Å². The van der Waals surface area contributed by atoms with Crippen molar-refractivity contribution in [2.75, 3.05) is 0 Å². The molecule has 1 aliphatic rings.